The van der Waals surface area contributed by atoms with E-state index >= 15 is 0 Å². The van der Waals surface area contributed by atoms with Crippen LogP contribution in [-0.4, -0.2) is 16.3 Å². The molecule has 0 amide bonds. The molecule has 0 fully saturated rings. The lowest BCUT2D eigenvalue weighted by molar-refractivity contribution is -0.136. The van der Waals surface area contributed by atoms with Gasteiger partial charge in [-0.1, -0.05) is 48.0 Å². The molecule has 1 N–H and O–H groups in total. The summed E-state index contributed by atoms with van der Waals surface area (Å²) in [4.78, 5) is 12.3. The van der Waals surface area contributed by atoms with Crippen LogP contribution >= 0.6 is 11.8 Å². The Balaban J connectivity index is 2.08. The molecule has 0 heterocycles. The van der Waals surface area contributed by atoms with Crippen molar-refractivity contribution in [2.75, 3.05) is 0 Å². The highest BCUT2D eigenvalue weighted by Gasteiger charge is 2.19. The van der Waals surface area contributed by atoms with Crippen molar-refractivity contribution in [3.63, 3.8) is 0 Å². The summed E-state index contributed by atoms with van der Waals surface area (Å²) in [6.07, 6.45) is 0.537. The van der Waals surface area contributed by atoms with E-state index in [1.807, 2.05) is 61.5 Å². The number of hydrogen-bond acceptors (Lipinski definition) is 2. The molecule has 0 aliphatic heterocycles. The van der Waals surface area contributed by atoms with E-state index in [-0.39, 0.29) is 0 Å². The zero-order valence-electron chi connectivity index (χ0n) is 10.7. The van der Waals surface area contributed by atoms with E-state index in [2.05, 4.69) is 0 Å². The van der Waals surface area contributed by atoms with Crippen LogP contribution in [0.25, 0.3) is 0 Å². The zero-order valence-corrected chi connectivity index (χ0v) is 11.6. The first-order chi connectivity index (χ1) is 9.15. The van der Waals surface area contributed by atoms with Gasteiger partial charge in [-0.2, -0.15) is 0 Å². The SMILES string of the molecule is Cc1ccc(C[C@H](Sc2ccccc2)C(=O)O)cc1. The third-order valence-corrected chi connectivity index (χ3v) is 4.04. The van der Waals surface area contributed by atoms with E-state index in [1.165, 1.54) is 17.3 Å². The minimum Gasteiger partial charge on any atom is -0.480 e. The standard InChI is InChI=1S/C16H16O2S/c1-12-7-9-13(10-8-12)11-15(16(17)18)19-14-5-3-2-4-6-14/h2-10,15H,11H2,1H3,(H,17,18)/t15-/m0/s1. The van der Waals surface area contributed by atoms with Crippen molar-refractivity contribution in [3.8, 4) is 0 Å². The van der Waals surface area contributed by atoms with Crippen LogP contribution in [0.5, 0.6) is 0 Å². The molecule has 0 aliphatic rings. The van der Waals surface area contributed by atoms with Crippen molar-refractivity contribution >= 4 is 17.7 Å². The number of carboxylic acids is 1. The normalized spacial score (nSPS) is 12.1. The third-order valence-electron chi connectivity index (χ3n) is 2.84. The van der Waals surface area contributed by atoms with Crippen LogP contribution in [0.3, 0.4) is 0 Å². The lowest BCUT2D eigenvalue weighted by Gasteiger charge is -2.12. The van der Waals surface area contributed by atoms with Gasteiger partial charge < -0.3 is 5.11 Å². The summed E-state index contributed by atoms with van der Waals surface area (Å²) in [5.41, 5.74) is 2.24. The van der Waals surface area contributed by atoms with Crippen LogP contribution in [0.2, 0.25) is 0 Å². The van der Waals surface area contributed by atoms with Crippen LogP contribution in [-0.2, 0) is 11.2 Å². The minimum atomic E-state index is -0.769. The van der Waals surface area contributed by atoms with Crippen LogP contribution in [0, 0.1) is 6.92 Å². The highest BCUT2D eigenvalue weighted by Crippen LogP contribution is 2.26. The summed E-state index contributed by atoms with van der Waals surface area (Å²) in [5.74, 6) is -0.769. The molecule has 0 radical (unpaired) electrons. The van der Waals surface area contributed by atoms with Gasteiger partial charge in [-0.05, 0) is 31.0 Å². The Morgan fingerprint density at radius 1 is 1.11 bits per heavy atom. The second-order valence-electron chi connectivity index (χ2n) is 4.45. The molecule has 2 nitrogen and oxygen atoms in total. The molecule has 2 rings (SSSR count). The second kappa shape index (κ2) is 6.43. The second-order valence-corrected chi connectivity index (χ2v) is 5.72. The van der Waals surface area contributed by atoms with Crippen molar-refractivity contribution < 1.29 is 9.90 Å². The maximum Gasteiger partial charge on any atom is 0.317 e. The predicted molar refractivity (Wildman–Crippen MR) is 78.6 cm³/mol. The Morgan fingerprint density at radius 2 is 1.74 bits per heavy atom. The number of aryl methyl sites for hydroxylation is 1. The van der Waals surface area contributed by atoms with Gasteiger partial charge in [-0.3, -0.25) is 4.79 Å². The summed E-state index contributed by atoms with van der Waals surface area (Å²) in [7, 11) is 0. The van der Waals surface area contributed by atoms with Gasteiger partial charge in [0.05, 0.1) is 0 Å². The van der Waals surface area contributed by atoms with Crippen LogP contribution in [0.4, 0.5) is 0 Å². The number of thioether (sulfide) groups is 1. The van der Waals surface area contributed by atoms with Crippen molar-refractivity contribution in [2.45, 2.75) is 23.5 Å². The number of rotatable bonds is 5. The van der Waals surface area contributed by atoms with Crippen molar-refractivity contribution in [1.82, 2.24) is 0 Å². The fraction of sp³-hybridized carbons (Fsp3) is 0.188. The number of benzene rings is 2. The van der Waals surface area contributed by atoms with Gasteiger partial charge in [0.25, 0.3) is 0 Å². The first kappa shape index (κ1) is 13.7. The molecule has 0 aromatic heterocycles. The predicted octanol–water partition coefficient (Wildman–Crippen LogP) is 3.78. The van der Waals surface area contributed by atoms with Gasteiger partial charge in [0.1, 0.15) is 5.25 Å². The maximum absolute atomic E-state index is 11.4. The zero-order chi connectivity index (χ0) is 13.7. The van der Waals surface area contributed by atoms with Crippen molar-refractivity contribution in [1.29, 1.82) is 0 Å². The molecule has 1 atom stereocenters. The Morgan fingerprint density at radius 3 is 2.32 bits per heavy atom. The molecular formula is C16H16O2S. The fourth-order valence-electron chi connectivity index (χ4n) is 1.78. The minimum absolute atomic E-state index is 0.454. The van der Waals surface area contributed by atoms with Crippen LogP contribution < -0.4 is 0 Å². The molecule has 0 bridgehead atoms. The fourth-order valence-corrected chi connectivity index (χ4v) is 2.80. The average Bonchev–Trinajstić information content (AvgIpc) is 2.41. The highest BCUT2D eigenvalue weighted by atomic mass is 32.2. The number of aliphatic carboxylic acids is 1. The summed E-state index contributed by atoms with van der Waals surface area (Å²) in [6, 6.07) is 17.7. The Labute approximate surface area is 117 Å². The van der Waals surface area contributed by atoms with Gasteiger partial charge in [-0.15, -0.1) is 11.8 Å². The first-order valence-electron chi connectivity index (χ1n) is 6.15. The van der Waals surface area contributed by atoms with E-state index in [0.29, 0.717) is 6.42 Å². The topological polar surface area (TPSA) is 37.3 Å². The molecule has 19 heavy (non-hydrogen) atoms. The lowest BCUT2D eigenvalue weighted by Crippen LogP contribution is -2.19. The number of carboxylic acid groups (broad SMARTS) is 1. The Bertz CT molecular complexity index is 534. The van der Waals surface area contributed by atoms with Gasteiger partial charge in [0.15, 0.2) is 0 Å². The summed E-state index contributed by atoms with van der Waals surface area (Å²) in [6.45, 7) is 2.02. The lowest BCUT2D eigenvalue weighted by atomic mass is 10.1. The van der Waals surface area contributed by atoms with E-state index in [0.717, 1.165) is 10.5 Å². The Kier molecular flexibility index (Phi) is 4.63. The maximum atomic E-state index is 11.4. The molecule has 0 aliphatic carbocycles. The molecule has 0 spiro atoms. The van der Waals surface area contributed by atoms with E-state index in [1.54, 1.807) is 0 Å². The van der Waals surface area contributed by atoms with Gasteiger partial charge in [-0.25, -0.2) is 0 Å². The van der Waals surface area contributed by atoms with Gasteiger partial charge in [0.2, 0.25) is 0 Å². The summed E-state index contributed by atoms with van der Waals surface area (Å²) >= 11 is 1.40. The smallest absolute Gasteiger partial charge is 0.317 e. The molecule has 0 unspecified atom stereocenters. The van der Waals surface area contributed by atoms with Crippen LogP contribution in [0.15, 0.2) is 59.5 Å². The molecule has 2 aromatic carbocycles. The summed E-state index contributed by atoms with van der Waals surface area (Å²) < 4.78 is 0. The molecule has 3 heteroatoms. The van der Waals surface area contributed by atoms with Crippen molar-refractivity contribution in [3.05, 3.63) is 65.7 Å². The largest absolute Gasteiger partial charge is 0.480 e. The molecule has 0 saturated carbocycles. The monoisotopic (exact) mass is 272 g/mol. The van der Waals surface area contributed by atoms with Gasteiger partial charge in [0, 0.05) is 4.90 Å². The van der Waals surface area contributed by atoms with Crippen LogP contribution in [0.1, 0.15) is 11.1 Å². The molecule has 0 saturated heterocycles. The average molecular weight is 272 g/mol. The molecular weight excluding hydrogens is 256 g/mol. The molecule has 2 aromatic rings. The number of carbonyl (C=O) groups is 1. The van der Waals surface area contributed by atoms with E-state index in [9.17, 15) is 9.90 Å². The van der Waals surface area contributed by atoms with Crippen molar-refractivity contribution in [2.24, 2.45) is 0 Å². The van der Waals surface area contributed by atoms with E-state index < -0.39 is 11.2 Å². The Hall–Kier alpha value is -1.74. The summed E-state index contributed by atoms with van der Waals surface area (Å²) in [5, 5.41) is 8.88. The van der Waals surface area contributed by atoms with E-state index in [4.69, 9.17) is 0 Å². The third kappa shape index (κ3) is 4.14. The molecule has 98 valence electrons. The quantitative estimate of drug-likeness (QED) is 0.842. The first-order valence-corrected chi connectivity index (χ1v) is 7.03. The number of hydrogen-bond donors (Lipinski definition) is 1. The van der Waals surface area contributed by atoms with Gasteiger partial charge >= 0.3 is 5.97 Å². The highest BCUT2D eigenvalue weighted by molar-refractivity contribution is 8.00.